The summed E-state index contributed by atoms with van der Waals surface area (Å²) in [6, 6.07) is 2.67. The van der Waals surface area contributed by atoms with Crippen LogP contribution in [0.2, 0.25) is 0 Å². The van der Waals surface area contributed by atoms with Gasteiger partial charge in [0.2, 0.25) is 0 Å². The molecule has 0 unspecified atom stereocenters. The molecule has 0 aliphatic rings. The molecule has 0 fully saturated rings. The van der Waals surface area contributed by atoms with E-state index >= 15 is 0 Å². The van der Waals surface area contributed by atoms with Crippen LogP contribution < -0.4 is 0 Å². The van der Waals surface area contributed by atoms with Crippen LogP contribution in [0.25, 0.3) is 0 Å². The standard InChI is InChI=1S/C9H4F5IN2/c10-8(11)6-5(15)3-4(1-2-16)17-7(6)9(12,13)14/h3,8H,1H2. The number of alkyl halides is 5. The Hall–Kier alpha value is -0.980. The van der Waals surface area contributed by atoms with E-state index in [2.05, 4.69) is 4.98 Å². The number of hydrogen-bond acceptors (Lipinski definition) is 2. The summed E-state index contributed by atoms with van der Waals surface area (Å²) in [4.78, 5) is 3.08. The van der Waals surface area contributed by atoms with E-state index in [9.17, 15) is 22.0 Å². The summed E-state index contributed by atoms with van der Waals surface area (Å²) in [5.41, 5.74) is -2.93. The van der Waals surface area contributed by atoms with Gasteiger partial charge < -0.3 is 0 Å². The zero-order valence-corrected chi connectivity index (χ0v) is 10.2. The lowest BCUT2D eigenvalue weighted by atomic mass is 10.1. The van der Waals surface area contributed by atoms with Gasteiger partial charge in [-0.25, -0.2) is 13.8 Å². The average molecular weight is 362 g/mol. The quantitative estimate of drug-likeness (QED) is 0.594. The summed E-state index contributed by atoms with van der Waals surface area (Å²) in [5.74, 6) is 0. The van der Waals surface area contributed by atoms with Crippen LogP contribution >= 0.6 is 22.6 Å². The van der Waals surface area contributed by atoms with Gasteiger partial charge in [-0.05, 0) is 28.7 Å². The maximum absolute atomic E-state index is 12.5. The lowest BCUT2D eigenvalue weighted by molar-refractivity contribution is -0.143. The molecule has 17 heavy (non-hydrogen) atoms. The molecule has 0 aliphatic heterocycles. The Labute approximate surface area is 107 Å². The Bertz CT molecular complexity index is 464. The van der Waals surface area contributed by atoms with Gasteiger partial charge in [0.15, 0.2) is 5.69 Å². The maximum Gasteiger partial charge on any atom is 0.433 e. The molecule has 1 aromatic rings. The highest BCUT2D eigenvalue weighted by Crippen LogP contribution is 2.37. The third-order valence-electron chi connectivity index (χ3n) is 1.81. The second-order valence-electron chi connectivity index (χ2n) is 2.99. The molecule has 0 amide bonds. The molecular weight excluding hydrogens is 358 g/mol. The highest BCUT2D eigenvalue weighted by Gasteiger charge is 2.39. The van der Waals surface area contributed by atoms with E-state index in [4.69, 9.17) is 5.26 Å². The molecule has 0 bridgehead atoms. The van der Waals surface area contributed by atoms with Crippen LogP contribution in [0.1, 0.15) is 23.4 Å². The average Bonchev–Trinajstić information content (AvgIpc) is 2.15. The van der Waals surface area contributed by atoms with Crippen LogP contribution in [0, 0.1) is 14.9 Å². The van der Waals surface area contributed by atoms with Crippen LogP contribution in [0.15, 0.2) is 6.07 Å². The van der Waals surface area contributed by atoms with Crippen molar-refractivity contribution in [1.82, 2.24) is 4.98 Å². The van der Waals surface area contributed by atoms with Crippen LogP contribution in [0.5, 0.6) is 0 Å². The SMILES string of the molecule is N#CCc1cc(I)c(C(F)F)c(C(F)(F)F)n1. The molecule has 1 aromatic heterocycles. The van der Waals surface area contributed by atoms with Crippen molar-refractivity contribution in [3.63, 3.8) is 0 Å². The summed E-state index contributed by atoms with van der Waals surface area (Å²) in [7, 11) is 0. The van der Waals surface area contributed by atoms with Crippen LogP contribution in [-0.2, 0) is 12.6 Å². The van der Waals surface area contributed by atoms with Gasteiger partial charge in [-0.3, -0.25) is 0 Å². The van der Waals surface area contributed by atoms with E-state index in [0.717, 1.165) is 6.07 Å². The predicted molar refractivity (Wildman–Crippen MR) is 56.2 cm³/mol. The molecule has 1 heterocycles. The molecule has 0 saturated heterocycles. The van der Waals surface area contributed by atoms with Crippen molar-refractivity contribution in [1.29, 1.82) is 5.26 Å². The number of aromatic nitrogens is 1. The number of rotatable bonds is 2. The number of hydrogen-bond donors (Lipinski definition) is 0. The smallest absolute Gasteiger partial charge is 0.247 e. The molecule has 0 aliphatic carbocycles. The van der Waals surface area contributed by atoms with Crippen molar-refractivity contribution < 1.29 is 22.0 Å². The van der Waals surface area contributed by atoms with Crippen molar-refractivity contribution in [3.05, 3.63) is 26.6 Å². The van der Waals surface area contributed by atoms with Gasteiger partial charge in [0.05, 0.1) is 23.7 Å². The van der Waals surface area contributed by atoms with Gasteiger partial charge in [0.25, 0.3) is 6.43 Å². The van der Waals surface area contributed by atoms with E-state index in [1.54, 1.807) is 6.07 Å². The molecule has 0 radical (unpaired) electrons. The van der Waals surface area contributed by atoms with E-state index in [1.807, 2.05) is 0 Å². The molecule has 92 valence electrons. The predicted octanol–water partition coefficient (Wildman–Crippen LogP) is 3.71. The molecular formula is C9H4F5IN2. The topological polar surface area (TPSA) is 36.7 Å². The third-order valence-corrected chi connectivity index (χ3v) is 2.70. The molecule has 0 N–H and O–H groups in total. The van der Waals surface area contributed by atoms with E-state index in [-0.39, 0.29) is 15.7 Å². The number of pyridine rings is 1. The number of nitriles is 1. The Morgan fingerprint density at radius 2 is 2.00 bits per heavy atom. The first-order valence-corrected chi connectivity index (χ1v) is 5.27. The summed E-state index contributed by atoms with van der Waals surface area (Å²) < 4.78 is 62.4. The van der Waals surface area contributed by atoms with E-state index in [0.29, 0.717) is 0 Å². The first kappa shape index (κ1) is 14.1. The summed E-state index contributed by atoms with van der Waals surface area (Å²) in [5, 5.41) is 8.36. The minimum absolute atomic E-state index is 0.173. The van der Waals surface area contributed by atoms with Crippen molar-refractivity contribution in [2.75, 3.05) is 0 Å². The Kier molecular flexibility index (Phi) is 4.24. The van der Waals surface area contributed by atoms with Gasteiger partial charge in [0, 0.05) is 3.57 Å². The Balaban J connectivity index is 3.46. The third kappa shape index (κ3) is 3.24. The largest absolute Gasteiger partial charge is 0.433 e. The number of nitrogens with zero attached hydrogens (tertiary/aromatic N) is 2. The van der Waals surface area contributed by atoms with Crippen molar-refractivity contribution in [2.24, 2.45) is 0 Å². The minimum Gasteiger partial charge on any atom is -0.247 e. The maximum atomic E-state index is 12.5. The molecule has 1 rings (SSSR count). The van der Waals surface area contributed by atoms with Crippen molar-refractivity contribution in [3.8, 4) is 6.07 Å². The first-order chi connectivity index (χ1) is 7.77. The zero-order chi connectivity index (χ0) is 13.2. The fraction of sp³-hybridized carbons (Fsp3) is 0.333. The van der Waals surface area contributed by atoms with Crippen LogP contribution in [0.3, 0.4) is 0 Å². The lowest BCUT2D eigenvalue weighted by Gasteiger charge is -2.14. The summed E-state index contributed by atoms with van der Waals surface area (Å²) >= 11 is 1.38. The van der Waals surface area contributed by atoms with Gasteiger partial charge in [0.1, 0.15) is 0 Å². The number of halogens is 6. The van der Waals surface area contributed by atoms with E-state index < -0.39 is 23.9 Å². The Morgan fingerprint density at radius 1 is 1.41 bits per heavy atom. The normalized spacial score (nSPS) is 11.6. The van der Waals surface area contributed by atoms with Crippen molar-refractivity contribution in [2.45, 2.75) is 19.0 Å². The lowest BCUT2D eigenvalue weighted by Crippen LogP contribution is -2.15. The van der Waals surface area contributed by atoms with Gasteiger partial charge >= 0.3 is 6.18 Å². The monoisotopic (exact) mass is 362 g/mol. The fourth-order valence-corrected chi connectivity index (χ4v) is 2.02. The van der Waals surface area contributed by atoms with Gasteiger partial charge in [-0.15, -0.1) is 0 Å². The second-order valence-corrected chi connectivity index (χ2v) is 4.15. The Morgan fingerprint density at radius 3 is 2.41 bits per heavy atom. The molecule has 0 aromatic carbocycles. The molecule has 0 atom stereocenters. The molecule has 8 heteroatoms. The van der Waals surface area contributed by atoms with Gasteiger partial charge in [-0.2, -0.15) is 18.4 Å². The minimum atomic E-state index is -4.96. The molecule has 0 spiro atoms. The first-order valence-electron chi connectivity index (χ1n) is 4.19. The molecule has 0 saturated carbocycles. The van der Waals surface area contributed by atoms with Crippen LogP contribution in [-0.4, -0.2) is 4.98 Å². The zero-order valence-electron chi connectivity index (χ0n) is 8.02. The van der Waals surface area contributed by atoms with Crippen molar-refractivity contribution >= 4 is 22.6 Å². The fourth-order valence-electron chi connectivity index (χ4n) is 1.17. The summed E-state index contributed by atoms with van der Waals surface area (Å²) in [6.07, 6.45) is -8.58. The highest BCUT2D eigenvalue weighted by atomic mass is 127. The molecule has 2 nitrogen and oxygen atoms in total. The van der Waals surface area contributed by atoms with Crippen LogP contribution in [0.4, 0.5) is 22.0 Å². The highest BCUT2D eigenvalue weighted by molar-refractivity contribution is 14.1. The van der Waals surface area contributed by atoms with Gasteiger partial charge in [-0.1, -0.05) is 0 Å². The van der Waals surface area contributed by atoms with E-state index in [1.165, 1.54) is 22.6 Å². The summed E-state index contributed by atoms with van der Waals surface area (Å²) in [6.45, 7) is 0. The second kappa shape index (κ2) is 5.12.